The zero-order valence-electron chi connectivity index (χ0n) is 12.8. The van der Waals surface area contributed by atoms with Gasteiger partial charge in [0, 0.05) is 12.5 Å². The van der Waals surface area contributed by atoms with Gasteiger partial charge in [-0.3, -0.25) is 4.79 Å². The summed E-state index contributed by atoms with van der Waals surface area (Å²) in [5, 5.41) is 3.26. The molecule has 0 saturated heterocycles. The van der Waals surface area contributed by atoms with Gasteiger partial charge >= 0.3 is 0 Å². The number of halogens is 1. The van der Waals surface area contributed by atoms with Gasteiger partial charge in [-0.1, -0.05) is 32.6 Å². The van der Waals surface area contributed by atoms with Crippen LogP contribution in [0.2, 0.25) is 0 Å². The summed E-state index contributed by atoms with van der Waals surface area (Å²) in [6.07, 6.45) is 10.7. The molecule has 4 atom stereocenters. The van der Waals surface area contributed by atoms with E-state index in [0.29, 0.717) is 24.4 Å². The summed E-state index contributed by atoms with van der Waals surface area (Å²) in [6.45, 7) is 3.03. The third kappa shape index (κ3) is 5.25. The molecule has 1 amide bonds. The van der Waals surface area contributed by atoms with Gasteiger partial charge in [-0.15, -0.1) is 12.4 Å². The highest BCUT2D eigenvalue weighted by Gasteiger charge is 2.27. The molecule has 0 bridgehead atoms. The van der Waals surface area contributed by atoms with E-state index in [0.717, 1.165) is 18.8 Å². The summed E-state index contributed by atoms with van der Waals surface area (Å²) in [5.41, 5.74) is 5.82. The summed E-state index contributed by atoms with van der Waals surface area (Å²) >= 11 is 0. The lowest BCUT2D eigenvalue weighted by Gasteiger charge is -2.32. The maximum absolute atomic E-state index is 12.2. The molecule has 2 rings (SSSR count). The molecule has 3 N–H and O–H groups in total. The van der Waals surface area contributed by atoms with Crippen LogP contribution in [-0.4, -0.2) is 18.5 Å². The van der Waals surface area contributed by atoms with Gasteiger partial charge in [0.05, 0.1) is 0 Å². The summed E-state index contributed by atoms with van der Waals surface area (Å²) in [7, 11) is 0. The number of amides is 1. The number of carbonyl (C=O) groups excluding carboxylic acids is 1. The van der Waals surface area contributed by atoms with Gasteiger partial charge in [-0.05, 0) is 50.0 Å². The van der Waals surface area contributed by atoms with Crippen LogP contribution in [0.15, 0.2) is 0 Å². The van der Waals surface area contributed by atoms with E-state index in [2.05, 4.69) is 12.2 Å². The Morgan fingerprint density at radius 2 is 1.90 bits per heavy atom. The Kier molecular flexibility index (Phi) is 7.90. The van der Waals surface area contributed by atoms with Crippen molar-refractivity contribution < 1.29 is 4.79 Å². The topological polar surface area (TPSA) is 55.1 Å². The molecular formula is C16H31ClN2O. The standard InChI is InChI=1S/C16H30N2O.ClH/c1-12-5-4-6-13(9-12)10-16(19)18-15-8-3-2-7-14(15)11-17;/h12-15H,2-11,17H2,1H3,(H,18,19);1H. The second kappa shape index (κ2) is 8.89. The lowest BCUT2D eigenvalue weighted by atomic mass is 9.80. The Morgan fingerprint density at radius 3 is 2.60 bits per heavy atom. The Balaban J connectivity index is 0.00000200. The van der Waals surface area contributed by atoms with E-state index < -0.39 is 0 Å². The lowest BCUT2D eigenvalue weighted by Crippen LogP contribution is -2.45. The van der Waals surface area contributed by atoms with Crippen LogP contribution in [0.4, 0.5) is 0 Å². The molecule has 2 aliphatic rings. The summed E-state index contributed by atoms with van der Waals surface area (Å²) < 4.78 is 0. The van der Waals surface area contributed by atoms with Gasteiger partial charge in [0.2, 0.25) is 5.91 Å². The summed E-state index contributed by atoms with van der Waals surface area (Å²) in [5.74, 6) is 2.19. The monoisotopic (exact) mass is 302 g/mol. The first-order chi connectivity index (χ1) is 9.19. The fraction of sp³-hybridized carbons (Fsp3) is 0.938. The van der Waals surface area contributed by atoms with Gasteiger partial charge in [0.1, 0.15) is 0 Å². The van der Waals surface area contributed by atoms with Crippen LogP contribution in [-0.2, 0) is 4.79 Å². The van der Waals surface area contributed by atoms with Crippen molar-refractivity contribution in [3.63, 3.8) is 0 Å². The number of hydrogen-bond donors (Lipinski definition) is 2. The van der Waals surface area contributed by atoms with Crippen molar-refractivity contribution >= 4 is 18.3 Å². The van der Waals surface area contributed by atoms with Crippen molar-refractivity contribution in [3.8, 4) is 0 Å². The van der Waals surface area contributed by atoms with Crippen molar-refractivity contribution in [2.75, 3.05) is 6.54 Å². The minimum Gasteiger partial charge on any atom is -0.353 e. The Morgan fingerprint density at radius 1 is 1.15 bits per heavy atom. The number of nitrogens with two attached hydrogens (primary N) is 1. The van der Waals surface area contributed by atoms with Gasteiger partial charge in [0.15, 0.2) is 0 Å². The molecule has 20 heavy (non-hydrogen) atoms. The molecular weight excluding hydrogens is 272 g/mol. The molecule has 0 aromatic carbocycles. The Labute approximate surface area is 129 Å². The molecule has 118 valence electrons. The molecule has 2 aliphatic carbocycles. The van der Waals surface area contributed by atoms with Crippen molar-refractivity contribution in [2.45, 2.75) is 70.8 Å². The average Bonchev–Trinajstić information content (AvgIpc) is 2.39. The molecule has 0 aromatic rings. The van der Waals surface area contributed by atoms with Gasteiger partial charge < -0.3 is 11.1 Å². The highest BCUT2D eigenvalue weighted by atomic mass is 35.5. The summed E-state index contributed by atoms with van der Waals surface area (Å²) in [6, 6.07) is 0.340. The maximum Gasteiger partial charge on any atom is 0.220 e. The second-order valence-electron chi connectivity index (χ2n) is 6.80. The van der Waals surface area contributed by atoms with Crippen molar-refractivity contribution in [1.82, 2.24) is 5.32 Å². The molecule has 4 heteroatoms. The van der Waals surface area contributed by atoms with Crippen LogP contribution in [0, 0.1) is 17.8 Å². The first-order valence-corrected chi connectivity index (χ1v) is 8.18. The van der Waals surface area contributed by atoms with Crippen LogP contribution in [0.1, 0.15) is 64.7 Å². The average molecular weight is 303 g/mol. The molecule has 2 saturated carbocycles. The molecule has 3 nitrogen and oxygen atoms in total. The second-order valence-corrected chi connectivity index (χ2v) is 6.80. The lowest BCUT2D eigenvalue weighted by molar-refractivity contribution is -0.123. The van der Waals surface area contributed by atoms with E-state index >= 15 is 0 Å². The first-order valence-electron chi connectivity index (χ1n) is 8.18. The minimum absolute atomic E-state index is 0. The van der Waals surface area contributed by atoms with Crippen molar-refractivity contribution in [3.05, 3.63) is 0 Å². The predicted octanol–water partition coefficient (Wildman–Crippen LogP) is 3.26. The zero-order chi connectivity index (χ0) is 13.7. The van der Waals surface area contributed by atoms with E-state index in [4.69, 9.17) is 5.73 Å². The van der Waals surface area contributed by atoms with Crippen LogP contribution in [0.3, 0.4) is 0 Å². The van der Waals surface area contributed by atoms with Gasteiger partial charge in [-0.2, -0.15) is 0 Å². The van der Waals surface area contributed by atoms with E-state index in [9.17, 15) is 4.79 Å². The highest BCUT2D eigenvalue weighted by Crippen LogP contribution is 2.31. The molecule has 0 radical (unpaired) electrons. The van der Waals surface area contributed by atoms with Crippen molar-refractivity contribution in [1.29, 1.82) is 0 Å². The fourth-order valence-corrected chi connectivity index (χ4v) is 3.95. The van der Waals surface area contributed by atoms with Crippen molar-refractivity contribution in [2.24, 2.45) is 23.5 Å². The quantitative estimate of drug-likeness (QED) is 0.837. The summed E-state index contributed by atoms with van der Waals surface area (Å²) in [4.78, 5) is 12.2. The molecule has 2 fully saturated rings. The fourth-order valence-electron chi connectivity index (χ4n) is 3.95. The Bertz CT molecular complexity index is 298. The van der Waals surface area contributed by atoms with E-state index in [-0.39, 0.29) is 18.3 Å². The largest absolute Gasteiger partial charge is 0.353 e. The highest BCUT2D eigenvalue weighted by molar-refractivity contribution is 5.85. The zero-order valence-corrected chi connectivity index (χ0v) is 13.6. The van der Waals surface area contributed by atoms with Gasteiger partial charge in [-0.25, -0.2) is 0 Å². The predicted molar refractivity (Wildman–Crippen MR) is 85.9 cm³/mol. The van der Waals surface area contributed by atoms with E-state index in [1.165, 1.54) is 44.9 Å². The minimum atomic E-state index is 0. The third-order valence-electron chi connectivity index (χ3n) is 5.08. The number of nitrogens with one attached hydrogen (secondary N) is 1. The number of carbonyl (C=O) groups is 1. The van der Waals surface area contributed by atoms with Crippen LogP contribution in [0.25, 0.3) is 0 Å². The van der Waals surface area contributed by atoms with E-state index in [1.54, 1.807) is 0 Å². The van der Waals surface area contributed by atoms with Crippen LogP contribution >= 0.6 is 12.4 Å². The molecule has 0 spiro atoms. The maximum atomic E-state index is 12.2. The normalized spacial score (nSPS) is 34.1. The molecule has 0 aliphatic heterocycles. The number of hydrogen-bond acceptors (Lipinski definition) is 2. The number of rotatable bonds is 4. The first kappa shape index (κ1) is 17.8. The smallest absolute Gasteiger partial charge is 0.220 e. The molecule has 0 aromatic heterocycles. The SMILES string of the molecule is CC1CCCC(CC(=O)NC2CCCCC2CN)C1.Cl. The Hall–Kier alpha value is -0.280. The van der Waals surface area contributed by atoms with Crippen LogP contribution < -0.4 is 11.1 Å². The van der Waals surface area contributed by atoms with Gasteiger partial charge in [0.25, 0.3) is 0 Å². The van der Waals surface area contributed by atoms with Crippen LogP contribution in [0.5, 0.6) is 0 Å². The third-order valence-corrected chi connectivity index (χ3v) is 5.08. The van der Waals surface area contributed by atoms with E-state index in [1.807, 2.05) is 0 Å². The molecule has 0 heterocycles. The molecule has 4 unspecified atom stereocenters.